The first-order valence-electron chi connectivity index (χ1n) is 7.48. The van der Waals surface area contributed by atoms with Gasteiger partial charge in [0.05, 0.1) is 12.3 Å². The smallest absolute Gasteiger partial charge is 0.356 e. The predicted octanol–water partition coefficient (Wildman–Crippen LogP) is -1.56. The lowest BCUT2D eigenvalue weighted by atomic mass is 9.91. The Morgan fingerprint density at radius 3 is 2.80 bits per heavy atom. The first-order chi connectivity index (χ1) is 11.9. The lowest BCUT2D eigenvalue weighted by molar-refractivity contribution is -0.163. The van der Waals surface area contributed by atoms with Crippen LogP contribution in [0.1, 0.15) is 6.92 Å². The molecule has 11 nitrogen and oxygen atoms in total. The molecule has 1 aromatic heterocycles. The fraction of sp³-hybridized carbons (Fsp3) is 0.538. The van der Waals surface area contributed by atoms with Crippen molar-refractivity contribution in [3.8, 4) is 0 Å². The van der Waals surface area contributed by atoms with Crippen LogP contribution in [-0.2, 0) is 26.2 Å². The summed E-state index contributed by atoms with van der Waals surface area (Å²) in [5.41, 5.74) is -0.171. The number of amides is 2. The van der Waals surface area contributed by atoms with E-state index < -0.39 is 24.2 Å². The van der Waals surface area contributed by atoms with Crippen molar-refractivity contribution in [3.05, 3.63) is 11.5 Å². The third-order valence-corrected chi connectivity index (χ3v) is 5.54. The molecule has 3 aliphatic rings. The number of carboxylic acids is 1. The number of carboxylic acid groups (broad SMARTS) is 1. The molecule has 1 aromatic rings. The molecule has 2 fully saturated rings. The molecule has 3 atom stereocenters. The highest BCUT2D eigenvalue weighted by Crippen LogP contribution is 2.44. The highest BCUT2D eigenvalue weighted by molar-refractivity contribution is 7.99. The largest absolute Gasteiger partial charge is 0.487 e. The van der Waals surface area contributed by atoms with Crippen LogP contribution in [0, 0.1) is 0 Å². The number of hydrogen-bond acceptors (Lipinski definition) is 8. The van der Waals surface area contributed by atoms with E-state index in [1.807, 2.05) is 0 Å². The second kappa shape index (κ2) is 5.44. The molecule has 0 radical (unpaired) electrons. The Hall–Kier alpha value is -2.63. The normalized spacial score (nSPS) is 27.1. The SMILES string of the molecule is CC(=O)N1C[C@H]2OC(CSc3nnnn3C)=C(C(=O)O)N3C(=O)[C@@H]1[C@@H]23. The number of hydrogen-bond donors (Lipinski definition) is 1. The van der Waals surface area contributed by atoms with Crippen molar-refractivity contribution in [1.29, 1.82) is 0 Å². The van der Waals surface area contributed by atoms with Crippen LogP contribution in [0.2, 0.25) is 0 Å². The number of thioether (sulfide) groups is 1. The molecule has 12 heteroatoms. The molecular weight excluding hydrogens is 352 g/mol. The average Bonchev–Trinajstić information content (AvgIpc) is 3.12. The molecule has 0 saturated carbocycles. The van der Waals surface area contributed by atoms with Crippen LogP contribution >= 0.6 is 11.8 Å². The number of aliphatic carboxylic acids is 1. The van der Waals surface area contributed by atoms with Crippen LogP contribution in [0.15, 0.2) is 16.6 Å². The number of aryl methyl sites for hydroxylation is 1. The van der Waals surface area contributed by atoms with Gasteiger partial charge in [0.2, 0.25) is 11.1 Å². The molecule has 25 heavy (non-hydrogen) atoms. The van der Waals surface area contributed by atoms with E-state index >= 15 is 0 Å². The third-order valence-electron chi connectivity index (χ3n) is 4.52. The summed E-state index contributed by atoms with van der Waals surface area (Å²) < 4.78 is 7.32. The lowest BCUT2D eigenvalue weighted by Gasteiger charge is -2.49. The summed E-state index contributed by atoms with van der Waals surface area (Å²) in [6.07, 6.45) is -0.428. The number of β-lactam (4-membered cyclic amide) rings is 1. The predicted molar refractivity (Wildman–Crippen MR) is 80.9 cm³/mol. The monoisotopic (exact) mass is 366 g/mol. The van der Waals surface area contributed by atoms with Crippen LogP contribution < -0.4 is 0 Å². The zero-order valence-corrected chi connectivity index (χ0v) is 14.1. The quantitative estimate of drug-likeness (QED) is 0.496. The van der Waals surface area contributed by atoms with E-state index in [9.17, 15) is 19.5 Å². The second-order valence-electron chi connectivity index (χ2n) is 5.92. The van der Waals surface area contributed by atoms with E-state index in [2.05, 4.69) is 15.5 Å². The van der Waals surface area contributed by atoms with Crippen LogP contribution in [0.5, 0.6) is 0 Å². The van der Waals surface area contributed by atoms with Gasteiger partial charge in [-0.05, 0) is 10.4 Å². The van der Waals surface area contributed by atoms with Crippen molar-refractivity contribution in [1.82, 2.24) is 30.0 Å². The molecule has 0 bridgehead atoms. The molecule has 4 heterocycles. The minimum absolute atomic E-state index is 0.160. The molecule has 0 unspecified atom stereocenters. The Morgan fingerprint density at radius 1 is 1.44 bits per heavy atom. The number of likely N-dealkylation sites (tertiary alicyclic amines) is 1. The van der Waals surface area contributed by atoms with Crippen LogP contribution in [-0.4, -0.2) is 83.4 Å². The van der Waals surface area contributed by atoms with Crippen molar-refractivity contribution in [2.75, 3.05) is 12.3 Å². The molecule has 3 aliphatic heterocycles. The molecule has 2 amide bonds. The fourth-order valence-electron chi connectivity index (χ4n) is 3.46. The highest BCUT2D eigenvalue weighted by atomic mass is 32.2. The zero-order chi connectivity index (χ0) is 17.9. The zero-order valence-electron chi connectivity index (χ0n) is 13.3. The van der Waals surface area contributed by atoms with Gasteiger partial charge in [-0.15, -0.1) is 5.10 Å². The molecule has 0 aliphatic carbocycles. The summed E-state index contributed by atoms with van der Waals surface area (Å²) in [5, 5.41) is 21.1. The maximum Gasteiger partial charge on any atom is 0.356 e. The second-order valence-corrected chi connectivity index (χ2v) is 6.86. The number of carbonyl (C=O) groups excluding carboxylic acids is 2. The lowest BCUT2D eigenvalue weighted by Crippen LogP contribution is -2.70. The Kier molecular flexibility index (Phi) is 3.45. The van der Waals surface area contributed by atoms with Crippen molar-refractivity contribution in [2.45, 2.75) is 30.3 Å². The number of tetrazole rings is 1. The van der Waals surface area contributed by atoms with Gasteiger partial charge in [-0.25, -0.2) is 9.48 Å². The Morgan fingerprint density at radius 2 is 2.20 bits per heavy atom. The van der Waals surface area contributed by atoms with Gasteiger partial charge in [0.25, 0.3) is 5.91 Å². The molecule has 4 rings (SSSR count). The molecule has 1 N–H and O–H groups in total. The van der Waals surface area contributed by atoms with E-state index in [0.717, 1.165) is 0 Å². The third kappa shape index (κ3) is 2.20. The molecule has 0 spiro atoms. The van der Waals surface area contributed by atoms with Crippen LogP contribution in [0.3, 0.4) is 0 Å². The van der Waals surface area contributed by atoms with Gasteiger partial charge >= 0.3 is 5.97 Å². The van der Waals surface area contributed by atoms with Crippen molar-refractivity contribution >= 4 is 29.5 Å². The summed E-state index contributed by atoms with van der Waals surface area (Å²) in [6, 6.07) is -1.07. The maximum absolute atomic E-state index is 12.5. The van der Waals surface area contributed by atoms with Gasteiger partial charge < -0.3 is 14.7 Å². The first-order valence-corrected chi connectivity index (χ1v) is 8.47. The number of ether oxygens (including phenoxy) is 1. The van der Waals surface area contributed by atoms with E-state index in [1.54, 1.807) is 7.05 Å². The summed E-state index contributed by atoms with van der Waals surface area (Å²) >= 11 is 1.21. The summed E-state index contributed by atoms with van der Waals surface area (Å²) in [5.74, 6) is -1.51. The van der Waals surface area contributed by atoms with E-state index in [4.69, 9.17) is 4.74 Å². The minimum Gasteiger partial charge on any atom is -0.487 e. The number of rotatable bonds is 4. The number of aromatic nitrogens is 4. The summed E-state index contributed by atoms with van der Waals surface area (Å²) in [7, 11) is 1.66. The van der Waals surface area contributed by atoms with Crippen molar-refractivity contribution in [2.24, 2.45) is 7.05 Å². The van der Waals surface area contributed by atoms with Crippen molar-refractivity contribution in [3.63, 3.8) is 0 Å². The van der Waals surface area contributed by atoms with Crippen molar-refractivity contribution < 1.29 is 24.2 Å². The Bertz CT molecular complexity index is 822. The van der Waals surface area contributed by atoms with Crippen LogP contribution in [0.25, 0.3) is 0 Å². The molecule has 0 aromatic carbocycles. The Labute approximate surface area is 145 Å². The van der Waals surface area contributed by atoms with Gasteiger partial charge in [0.1, 0.15) is 23.9 Å². The van der Waals surface area contributed by atoms with Gasteiger partial charge in [0.15, 0.2) is 5.70 Å². The summed E-state index contributed by atoms with van der Waals surface area (Å²) in [4.78, 5) is 38.6. The molecular formula is C13H14N6O5S. The number of carbonyl (C=O) groups is 3. The fourth-order valence-corrected chi connectivity index (χ4v) is 4.24. The van der Waals surface area contributed by atoms with Gasteiger partial charge in [-0.1, -0.05) is 11.8 Å². The van der Waals surface area contributed by atoms with E-state index in [-0.39, 0.29) is 35.6 Å². The van der Waals surface area contributed by atoms with Gasteiger partial charge in [-0.3, -0.25) is 14.5 Å². The first kappa shape index (κ1) is 15.9. The topological polar surface area (TPSA) is 131 Å². The standard InChI is InChI=1S/C13H14N6O5S/c1-5(20)18-3-6-8-10(18)11(21)19(8)9(12(22)23)7(24-6)4-25-13-14-15-16-17(13)2/h6,8,10H,3-4H2,1-2H3,(H,22,23)/t6-,8-,10+/m1/s1. The minimum atomic E-state index is -1.24. The highest BCUT2D eigenvalue weighted by Gasteiger charge is 2.65. The molecule has 132 valence electrons. The van der Waals surface area contributed by atoms with Crippen LogP contribution in [0.4, 0.5) is 0 Å². The number of nitrogens with zero attached hydrogens (tertiary/aromatic N) is 6. The maximum atomic E-state index is 12.5. The van der Waals surface area contributed by atoms with Gasteiger partial charge in [-0.2, -0.15) is 0 Å². The average molecular weight is 366 g/mol. The summed E-state index contributed by atoms with van der Waals surface area (Å²) in [6.45, 7) is 1.65. The molecule has 2 saturated heterocycles. The van der Waals surface area contributed by atoms with E-state index in [0.29, 0.717) is 5.16 Å². The van der Waals surface area contributed by atoms with E-state index in [1.165, 1.54) is 33.2 Å². The van der Waals surface area contributed by atoms with Gasteiger partial charge in [0, 0.05) is 14.0 Å². The Balaban J connectivity index is 1.63.